The third-order valence-electron chi connectivity index (χ3n) is 6.92. The number of thioether (sulfide) groups is 4. The van der Waals surface area contributed by atoms with Crippen LogP contribution < -0.4 is 9.47 Å². The molecular weight excluding hydrogens is 621 g/mol. The number of methoxy groups -OCH3 is 2. The lowest BCUT2D eigenvalue weighted by atomic mass is 9.90. The van der Waals surface area contributed by atoms with E-state index in [1.54, 1.807) is 67.3 Å². The summed E-state index contributed by atoms with van der Waals surface area (Å²) in [6.07, 6.45) is 1.64. The molecule has 0 atom stereocenters. The number of hydrogen-bond acceptors (Lipinski definition) is 8. The van der Waals surface area contributed by atoms with Crippen molar-refractivity contribution in [1.29, 1.82) is 10.5 Å². The Morgan fingerprint density at radius 2 is 1.32 bits per heavy atom. The molecule has 4 aromatic carbocycles. The fourth-order valence-electron chi connectivity index (χ4n) is 5.05. The van der Waals surface area contributed by atoms with Crippen molar-refractivity contribution >= 4 is 68.6 Å². The maximum absolute atomic E-state index is 9.60. The number of benzene rings is 4. The van der Waals surface area contributed by atoms with Gasteiger partial charge in [-0.15, -0.1) is 0 Å². The lowest BCUT2D eigenvalue weighted by molar-refractivity contribution is 0.410. The lowest BCUT2D eigenvalue weighted by Gasteiger charge is -2.19. The Hall–Kier alpha value is -4.36. The van der Waals surface area contributed by atoms with Crippen LogP contribution in [0.15, 0.2) is 120 Å². The summed E-state index contributed by atoms with van der Waals surface area (Å²) in [5.74, 6) is 8.28. The van der Waals surface area contributed by atoms with Gasteiger partial charge in [0.2, 0.25) is 0 Å². The zero-order valence-electron chi connectivity index (χ0n) is 23.6. The van der Waals surface area contributed by atoms with Crippen molar-refractivity contribution in [3.8, 4) is 46.6 Å². The molecule has 0 fully saturated rings. The minimum Gasteiger partial charge on any atom is -0.496 e. The highest BCUT2D eigenvalue weighted by Crippen LogP contribution is 2.49. The number of ether oxygens (including phenoxy) is 2. The summed E-state index contributed by atoms with van der Waals surface area (Å²) in [7, 11) is 3.35. The number of fused-ring (bicyclic) bond motifs is 2. The first kappa shape index (κ1) is 29.7. The smallest absolute Gasteiger partial charge is 0.143 e. The first-order chi connectivity index (χ1) is 21.7. The zero-order valence-corrected chi connectivity index (χ0v) is 26.8. The average Bonchev–Trinajstić information content (AvgIpc) is 3.81. The molecular formula is C36H22N2O2S4. The standard InChI is InChI=1S/C36H22N2O2S4/c1-39-31-14-12-24-7-3-5-9-27(24)32(31)33-28-10-6-4-8-25(28)20-26(34(33)40-2)11-13-29(35-41-15-16-42-35)30(19-23(21-37)22-38)36-43-17-18-44-36/h3-10,12,14-20H,1-2H3. The highest BCUT2D eigenvalue weighted by atomic mass is 32.2. The summed E-state index contributed by atoms with van der Waals surface area (Å²) in [5.41, 5.74) is 4.10. The van der Waals surface area contributed by atoms with Crippen LogP contribution in [0.2, 0.25) is 0 Å². The van der Waals surface area contributed by atoms with Gasteiger partial charge < -0.3 is 9.47 Å². The molecule has 0 aliphatic carbocycles. The Kier molecular flexibility index (Phi) is 9.12. The van der Waals surface area contributed by atoms with E-state index in [0.717, 1.165) is 58.0 Å². The van der Waals surface area contributed by atoms with Gasteiger partial charge in [-0.2, -0.15) is 10.5 Å². The summed E-state index contributed by atoms with van der Waals surface area (Å²) in [6.45, 7) is 0. The Morgan fingerprint density at radius 3 is 1.95 bits per heavy atom. The van der Waals surface area contributed by atoms with Crippen LogP contribution in [-0.4, -0.2) is 14.2 Å². The van der Waals surface area contributed by atoms with Gasteiger partial charge in [-0.3, -0.25) is 0 Å². The summed E-state index contributed by atoms with van der Waals surface area (Å²) in [5, 5.41) is 31.4. The highest BCUT2D eigenvalue weighted by molar-refractivity contribution is 8.28. The van der Waals surface area contributed by atoms with Gasteiger partial charge in [0.15, 0.2) is 0 Å². The van der Waals surface area contributed by atoms with Gasteiger partial charge in [0.25, 0.3) is 0 Å². The zero-order chi connectivity index (χ0) is 30.5. The molecule has 8 heteroatoms. The predicted octanol–water partition coefficient (Wildman–Crippen LogP) is 10.3. The fourth-order valence-corrected chi connectivity index (χ4v) is 8.67. The van der Waals surface area contributed by atoms with Gasteiger partial charge in [0.05, 0.1) is 33.8 Å². The number of nitrogens with zero attached hydrogens (tertiary/aromatic N) is 2. The van der Waals surface area contributed by atoms with Crippen LogP contribution in [0.3, 0.4) is 0 Å². The Balaban J connectivity index is 1.64. The topological polar surface area (TPSA) is 66.0 Å². The Labute approximate surface area is 273 Å². The molecule has 4 nitrogen and oxygen atoms in total. The summed E-state index contributed by atoms with van der Waals surface area (Å²) >= 11 is 6.27. The Bertz CT molecular complexity index is 2100. The molecule has 0 bridgehead atoms. The normalized spacial score (nSPS) is 13.3. The molecule has 0 unspecified atom stereocenters. The number of nitriles is 2. The maximum atomic E-state index is 9.60. The van der Waals surface area contributed by atoms with Gasteiger partial charge in [-0.05, 0) is 61.4 Å². The van der Waals surface area contributed by atoms with Crippen molar-refractivity contribution in [2.24, 2.45) is 0 Å². The third-order valence-corrected chi connectivity index (χ3v) is 11.2. The van der Waals surface area contributed by atoms with Crippen molar-refractivity contribution in [3.63, 3.8) is 0 Å². The van der Waals surface area contributed by atoms with Gasteiger partial charge in [-0.1, -0.05) is 113 Å². The molecule has 2 aliphatic heterocycles. The number of rotatable bonds is 5. The first-order valence-electron chi connectivity index (χ1n) is 13.3. The first-order valence-corrected chi connectivity index (χ1v) is 16.8. The molecule has 212 valence electrons. The van der Waals surface area contributed by atoms with E-state index in [0.29, 0.717) is 11.3 Å². The van der Waals surface area contributed by atoms with E-state index in [1.807, 2.05) is 64.1 Å². The fraction of sp³-hybridized carbons (Fsp3) is 0.0556. The van der Waals surface area contributed by atoms with E-state index >= 15 is 0 Å². The van der Waals surface area contributed by atoms with E-state index in [-0.39, 0.29) is 5.57 Å². The molecule has 2 heterocycles. The molecule has 0 saturated carbocycles. The lowest BCUT2D eigenvalue weighted by Crippen LogP contribution is -1.97. The molecule has 6 rings (SSSR count). The second kappa shape index (κ2) is 13.5. The summed E-state index contributed by atoms with van der Waals surface area (Å²) in [4.78, 5) is 0. The second-order valence-electron chi connectivity index (χ2n) is 9.33. The van der Waals surface area contributed by atoms with Crippen LogP contribution in [-0.2, 0) is 0 Å². The minimum atomic E-state index is 0.0232. The van der Waals surface area contributed by atoms with Gasteiger partial charge in [0.1, 0.15) is 29.2 Å². The van der Waals surface area contributed by atoms with Crippen molar-refractivity contribution < 1.29 is 9.47 Å². The molecule has 0 radical (unpaired) electrons. The number of hydrogen-bond donors (Lipinski definition) is 0. The molecule has 0 spiro atoms. The SMILES string of the molecule is COc1ccc2ccccc2c1-c1c(OC)c(C#CC(=C2SC=CS2)C(C=C(C#N)C#N)=C2SC=CS2)cc2ccccc12. The van der Waals surface area contributed by atoms with E-state index < -0.39 is 0 Å². The maximum Gasteiger partial charge on any atom is 0.143 e. The highest BCUT2D eigenvalue weighted by Gasteiger charge is 2.22. The molecule has 0 N–H and O–H groups in total. The molecule has 0 saturated heterocycles. The third kappa shape index (κ3) is 5.76. The summed E-state index contributed by atoms with van der Waals surface area (Å²) < 4.78 is 14.0. The number of allylic oxidation sites excluding steroid dienone is 4. The second-order valence-corrected chi connectivity index (χ2v) is 13.5. The molecule has 0 amide bonds. The van der Waals surface area contributed by atoms with Crippen LogP contribution in [0.4, 0.5) is 0 Å². The van der Waals surface area contributed by atoms with Crippen LogP contribution in [0, 0.1) is 34.5 Å². The predicted molar refractivity (Wildman–Crippen MR) is 189 cm³/mol. The van der Waals surface area contributed by atoms with Crippen molar-refractivity contribution in [1.82, 2.24) is 0 Å². The van der Waals surface area contributed by atoms with Crippen molar-refractivity contribution in [2.75, 3.05) is 14.2 Å². The average molecular weight is 643 g/mol. The van der Waals surface area contributed by atoms with E-state index in [4.69, 9.17) is 9.47 Å². The summed E-state index contributed by atoms with van der Waals surface area (Å²) in [6, 6.07) is 26.6. The largest absolute Gasteiger partial charge is 0.496 e. The molecule has 44 heavy (non-hydrogen) atoms. The molecule has 2 aliphatic rings. The van der Waals surface area contributed by atoms with Gasteiger partial charge in [0, 0.05) is 16.7 Å². The van der Waals surface area contributed by atoms with Crippen LogP contribution in [0.1, 0.15) is 5.56 Å². The van der Waals surface area contributed by atoms with Crippen LogP contribution >= 0.6 is 47.0 Å². The van der Waals surface area contributed by atoms with Crippen LogP contribution in [0.5, 0.6) is 11.5 Å². The quantitative estimate of drug-likeness (QED) is 0.157. The van der Waals surface area contributed by atoms with Crippen molar-refractivity contribution in [3.05, 3.63) is 125 Å². The van der Waals surface area contributed by atoms with Crippen molar-refractivity contribution in [2.45, 2.75) is 0 Å². The van der Waals surface area contributed by atoms with Crippen LogP contribution in [0.25, 0.3) is 32.7 Å². The van der Waals surface area contributed by atoms with Gasteiger partial charge in [-0.25, -0.2) is 0 Å². The van der Waals surface area contributed by atoms with E-state index in [9.17, 15) is 10.5 Å². The molecule has 4 aromatic rings. The van der Waals surface area contributed by atoms with E-state index in [2.05, 4.69) is 48.2 Å². The van der Waals surface area contributed by atoms with Gasteiger partial charge >= 0.3 is 0 Å². The molecule has 0 aromatic heterocycles. The monoisotopic (exact) mass is 642 g/mol. The Morgan fingerprint density at radius 1 is 0.705 bits per heavy atom. The van der Waals surface area contributed by atoms with E-state index in [1.165, 1.54) is 0 Å². The minimum absolute atomic E-state index is 0.0232.